The summed E-state index contributed by atoms with van der Waals surface area (Å²) >= 11 is 0. The van der Waals surface area contributed by atoms with Crippen molar-refractivity contribution < 1.29 is 48.0 Å². The number of carboxylic acids is 1. The van der Waals surface area contributed by atoms with Crippen LogP contribution in [0.15, 0.2) is 122 Å². The third-order valence-electron chi connectivity index (χ3n) is 10.2. The molecule has 0 aliphatic heterocycles. The van der Waals surface area contributed by atoms with E-state index in [1.54, 1.807) is 20.8 Å². The molecule has 61 heavy (non-hydrogen) atoms. The molecule has 1 aliphatic rings. The fourth-order valence-electron chi connectivity index (χ4n) is 7.20. The topological polar surface area (TPSA) is 170 Å². The van der Waals surface area contributed by atoms with Crippen molar-refractivity contribution in [1.29, 1.82) is 0 Å². The number of fused-ring (bicyclic) bond motifs is 3. The van der Waals surface area contributed by atoms with E-state index in [1.807, 2.05) is 109 Å². The molecule has 0 radical (unpaired) electrons. The fourth-order valence-corrected chi connectivity index (χ4v) is 7.20. The Balaban J connectivity index is 1.36. The maximum absolute atomic E-state index is 14.4. The molecule has 0 saturated heterocycles. The van der Waals surface area contributed by atoms with Crippen molar-refractivity contribution in [3.63, 3.8) is 0 Å². The summed E-state index contributed by atoms with van der Waals surface area (Å²) in [5.74, 6) is -3.20. The van der Waals surface area contributed by atoms with Crippen molar-refractivity contribution in [2.45, 2.75) is 83.3 Å². The van der Waals surface area contributed by atoms with Gasteiger partial charge in [-0.3, -0.25) is 4.90 Å². The van der Waals surface area contributed by atoms with Crippen molar-refractivity contribution >= 4 is 30.2 Å². The Hall–Kier alpha value is -6.63. The van der Waals surface area contributed by atoms with E-state index >= 15 is 0 Å². The number of benzene rings is 4. The van der Waals surface area contributed by atoms with Crippen molar-refractivity contribution in [3.05, 3.63) is 144 Å². The lowest BCUT2D eigenvalue weighted by Crippen LogP contribution is -2.50. The molecule has 0 heterocycles. The normalized spacial score (nSPS) is 13.3. The first-order chi connectivity index (χ1) is 29.3. The monoisotopic (exact) mass is 833 g/mol. The van der Waals surface area contributed by atoms with Gasteiger partial charge in [0.25, 0.3) is 0 Å². The van der Waals surface area contributed by atoms with Crippen LogP contribution in [0.4, 0.5) is 14.4 Å². The molecule has 0 bridgehead atoms. The molecule has 13 nitrogen and oxygen atoms in total. The minimum absolute atomic E-state index is 0.0300. The molecule has 0 saturated carbocycles. The fraction of sp³-hybridized carbons (Fsp3) is 0.354. The highest BCUT2D eigenvalue weighted by Gasteiger charge is 2.37. The Morgan fingerprint density at radius 3 is 1.85 bits per heavy atom. The summed E-state index contributed by atoms with van der Waals surface area (Å²) in [6, 6.07) is 31.6. The molecule has 3 N–H and O–H groups in total. The molecular formula is C48H55N3O10. The highest BCUT2D eigenvalue weighted by Crippen LogP contribution is 2.44. The average Bonchev–Trinajstić information content (AvgIpc) is 3.57. The van der Waals surface area contributed by atoms with Crippen LogP contribution in [0.25, 0.3) is 11.1 Å². The second kappa shape index (κ2) is 22.1. The maximum Gasteiger partial charge on any atom is 0.410 e. The van der Waals surface area contributed by atoms with Gasteiger partial charge >= 0.3 is 30.2 Å². The van der Waals surface area contributed by atoms with Crippen molar-refractivity contribution in [2.24, 2.45) is 5.92 Å². The molecule has 0 unspecified atom stereocenters. The van der Waals surface area contributed by atoms with E-state index in [-0.39, 0.29) is 51.7 Å². The van der Waals surface area contributed by atoms with Crippen LogP contribution < -0.4 is 10.6 Å². The molecule has 4 aromatic carbocycles. The molecule has 0 fully saturated rings. The smallest absolute Gasteiger partial charge is 0.410 e. The first kappa shape index (κ1) is 45.5. The van der Waals surface area contributed by atoms with Gasteiger partial charge in [0.1, 0.15) is 37.5 Å². The van der Waals surface area contributed by atoms with E-state index in [0.717, 1.165) is 33.4 Å². The average molecular weight is 834 g/mol. The summed E-state index contributed by atoms with van der Waals surface area (Å²) in [7, 11) is 0. The minimum Gasteiger partial charge on any atom is -0.480 e. The Labute approximate surface area is 357 Å². The summed E-state index contributed by atoms with van der Waals surface area (Å²) in [5, 5.41) is 15.3. The summed E-state index contributed by atoms with van der Waals surface area (Å²) in [6.45, 7) is 8.89. The Bertz CT molecular complexity index is 2060. The number of aliphatic carboxylic acids is 1. The van der Waals surface area contributed by atoms with Crippen LogP contribution in [-0.4, -0.2) is 77.6 Å². The maximum atomic E-state index is 14.4. The number of unbranched alkanes of at least 4 members (excludes halogenated alkanes) is 1. The van der Waals surface area contributed by atoms with Crippen LogP contribution >= 0.6 is 0 Å². The second-order valence-electron chi connectivity index (χ2n) is 15.7. The molecule has 3 atom stereocenters. The number of carbonyl (C=O) groups is 5. The van der Waals surface area contributed by atoms with Gasteiger partial charge in [-0.25, -0.2) is 24.0 Å². The zero-order valence-corrected chi connectivity index (χ0v) is 34.9. The highest BCUT2D eigenvalue weighted by atomic mass is 16.6. The number of alkyl carbamates (subject to hydrolysis) is 2. The van der Waals surface area contributed by atoms with Gasteiger partial charge in [-0.1, -0.05) is 115 Å². The van der Waals surface area contributed by atoms with Crippen LogP contribution in [0.1, 0.15) is 74.6 Å². The van der Waals surface area contributed by atoms with E-state index in [9.17, 15) is 29.1 Å². The quantitative estimate of drug-likeness (QED) is 0.0339. The molecule has 1 aliphatic carbocycles. The van der Waals surface area contributed by atoms with Gasteiger partial charge < -0.3 is 34.7 Å². The number of ether oxygens (including phenoxy) is 4. The molecule has 5 rings (SSSR count). The third-order valence-corrected chi connectivity index (χ3v) is 10.2. The number of amides is 3. The van der Waals surface area contributed by atoms with Gasteiger partial charge in [-0.2, -0.15) is 0 Å². The van der Waals surface area contributed by atoms with Crippen molar-refractivity contribution in [2.75, 3.05) is 19.7 Å². The molecule has 4 aromatic rings. The molecule has 0 aromatic heterocycles. The van der Waals surface area contributed by atoms with Crippen molar-refractivity contribution in [1.82, 2.24) is 15.5 Å². The van der Waals surface area contributed by atoms with Crippen LogP contribution in [0.3, 0.4) is 0 Å². The first-order valence-corrected chi connectivity index (χ1v) is 20.5. The van der Waals surface area contributed by atoms with Gasteiger partial charge in [-0.15, -0.1) is 6.58 Å². The van der Waals surface area contributed by atoms with E-state index in [4.69, 9.17) is 18.9 Å². The number of carbonyl (C=O) groups excluding carboxylic acids is 4. The van der Waals surface area contributed by atoms with Gasteiger partial charge in [0.15, 0.2) is 0 Å². The largest absolute Gasteiger partial charge is 0.480 e. The lowest BCUT2D eigenvalue weighted by atomic mass is 9.95. The van der Waals surface area contributed by atoms with Crippen LogP contribution in [0.5, 0.6) is 0 Å². The Morgan fingerprint density at radius 2 is 1.30 bits per heavy atom. The number of carboxylic acid groups (broad SMARTS) is 1. The van der Waals surface area contributed by atoms with Crippen LogP contribution in [0.2, 0.25) is 0 Å². The second-order valence-corrected chi connectivity index (χ2v) is 15.7. The zero-order valence-electron chi connectivity index (χ0n) is 34.9. The predicted molar refractivity (Wildman–Crippen MR) is 229 cm³/mol. The first-order valence-electron chi connectivity index (χ1n) is 20.5. The number of hydrogen-bond donors (Lipinski definition) is 3. The lowest BCUT2D eigenvalue weighted by Gasteiger charge is -2.32. The summed E-state index contributed by atoms with van der Waals surface area (Å²) < 4.78 is 22.5. The number of rotatable bonds is 20. The van der Waals surface area contributed by atoms with E-state index in [2.05, 4.69) is 17.2 Å². The zero-order chi connectivity index (χ0) is 43.8. The highest BCUT2D eigenvalue weighted by molar-refractivity contribution is 5.83. The van der Waals surface area contributed by atoms with Crippen LogP contribution in [0, 0.1) is 5.92 Å². The number of nitrogens with zero attached hydrogens (tertiary/aromatic N) is 1. The molecular weight excluding hydrogens is 779 g/mol. The minimum atomic E-state index is -1.46. The molecule has 13 heteroatoms. The van der Waals surface area contributed by atoms with Gasteiger partial charge in [0.2, 0.25) is 0 Å². The number of esters is 1. The molecule has 322 valence electrons. The molecule has 3 amide bonds. The van der Waals surface area contributed by atoms with Crippen molar-refractivity contribution in [3.8, 4) is 11.1 Å². The Morgan fingerprint density at radius 1 is 0.738 bits per heavy atom. The van der Waals surface area contributed by atoms with E-state index < -0.39 is 53.8 Å². The van der Waals surface area contributed by atoms with E-state index in [0.29, 0.717) is 12.8 Å². The van der Waals surface area contributed by atoms with E-state index in [1.165, 1.54) is 11.0 Å². The number of hydrogen-bond acceptors (Lipinski definition) is 9. The van der Waals surface area contributed by atoms with Gasteiger partial charge in [0, 0.05) is 24.9 Å². The summed E-state index contributed by atoms with van der Waals surface area (Å²) in [6.07, 6.45) is -0.0462. The molecule has 0 spiro atoms. The van der Waals surface area contributed by atoms with Gasteiger partial charge in [-0.05, 0) is 79.8 Å². The standard InChI is InChI=1S/C48H55N3O10/c1-5-35(42(43(52)53)50-46(56)61-48(2,3)4)27-29-51(47(57)60-32-40-38-24-14-12-22-36(38)37-23-13-15-25-39(37)40)41(44(54)58-30-33-18-8-6-9-19-33)26-16-17-28-49-45(55)59-31-34-20-10-7-11-21-34/h5-15,18-25,35,40-42H,1,16-17,26-32H2,2-4H3,(H,49,55)(H,50,56)(H,52,53)/t35-,41-,42-/m0/s1. The Kier molecular flexibility index (Phi) is 16.5. The van der Waals surface area contributed by atoms with Gasteiger partial charge in [0.05, 0.1) is 0 Å². The lowest BCUT2D eigenvalue weighted by molar-refractivity contribution is -0.151. The SMILES string of the molecule is C=C[C@@H](CCN(C(=O)OCC1c2ccccc2-c2ccccc21)[C@@H](CCCCNC(=O)OCc1ccccc1)C(=O)OCc1ccccc1)[C@H](NC(=O)OC(C)(C)C)C(=O)O. The number of nitrogens with one attached hydrogen (secondary N) is 2. The summed E-state index contributed by atoms with van der Waals surface area (Å²) in [4.78, 5) is 67.5. The summed E-state index contributed by atoms with van der Waals surface area (Å²) in [5.41, 5.74) is 4.79. The third kappa shape index (κ3) is 13.4. The predicted octanol–water partition coefficient (Wildman–Crippen LogP) is 8.62. The van der Waals surface area contributed by atoms with Crippen LogP contribution in [-0.2, 0) is 41.8 Å².